The van der Waals surface area contributed by atoms with Gasteiger partial charge in [-0.15, -0.1) is 0 Å². The van der Waals surface area contributed by atoms with Gasteiger partial charge in [-0.2, -0.15) is 0 Å². The van der Waals surface area contributed by atoms with Crippen LogP contribution in [0.25, 0.3) is 0 Å². The minimum Gasteiger partial charge on any atom is -0.273 e. The maximum Gasteiger partial charge on any atom is 0.109 e. The highest BCUT2D eigenvalue weighted by Gasteiger charge is 1.93. The molecule has 3 heteroatoms. The van der Waals surface area contributed by atoms with Gasteiger partial charge in [-0.25, -0.2) is 4.99 Å². The van der Waals surface area contributed by atoms with E-state index in [0.29, 0.717) is 12.5 Å². The largest absolute Gasteiger partial charge is 0.273 e. The Morgan fingerprint density at radius 2 is 1.88 bits per heavy atom. The smallest absolute Gasteiger partial charge is 0.109 e. The average Bonchev–Trinajstić information content (AvgIpc) is 2.31. The highest BCUT2D eigenvalue weighted by Crippen LogP contribution is 2.00. The van der Waals surface area contributed by atoms with Crippen molar-refractivity contribution in [3.05, 3.63) is 48.7 Å². The molecule has 0 fully saturated rings. The van der Waals surface area contributed by atoms with Crippen LogP contribution >= 0.6 is 0 Å². The van der Waals surface area contributed by atoms with Gasteiger partial charge in [-0.05, 0) is 17.2 Å². The minimum absolute atomic E-state index is 0.293. The van der Waals surface area contributed by atoms with Crippen molar-refractivity contribution in [1.29, 1.82) is 0 Å². The first-order valence-electron chi connectivity index (χ1n) is 5.45. The summed E-state index contributed by atoms with van der Waals surface area (Å²) in [4.78, 5) is 12.4. The summed E-state index contributed by atoms with van der Waals surface area (Å²) in [6, 6.07) is 0. The summed E-state index contributed by atoms with van der Waals surface area (Å²) in [5, 5.41) is 0. The van der Waals surface area contributed by atoms with Crippen LogP contribution in [0.1, 0.15) is 6.92 Å². The fourth-order valence-corrected chi connectivity index (χ4v) is 1.08. The molecule has 1 aliphatic heterocycles. The number of hydrogen-bond donors (Lipinski definition) is 0. The van der Waals surface area contributed by atoms with Gasteiger partial charge in [0.1, 0.15) is 6.34 Å². The molecule has 88 valence electrons. The molecular formula is C14H17N3. The predicted octanol–water partition coefficient (Wildman–Crippen LogP) is 2.99. The summed E-state index contributed by atoms with van der Waals surface area (Å²) in [7, 11) is 0. The predicted molar refractivity (Wildman–Crippen MR) is 76.1 cm³/mol. The zero-order valence-corrected chi connectivity index (χ0v) is 10.1. The van der Waals surface area contributed by atoms with Crippen molar-refractivity contribution in [3.63, 3.8) is 0 Å². The van der Waals surface area contributed by atoms with E-state index in [4.69, 9.17) is 0 Å². The standard InChI is InChI=1S/C14H17N3/c1-12-4-5-13(2)8-16-11-17-10-14(3)9-15-7-6-12/h4-9,11,14H,1-2,10H2,3H3/b5-4?,7-6-,15-9?,16-8?,17-11?. The molecular weight excluding hydrogens is 210 g/mol. The molecule has 3 nitrogen and oxygen atoms in total. The summed E-state index contributed by atoms with van der Waals surface area (Å²) in [6.45, 7) is 10.5. The average molecular weight is 227 g/mol. The fraction of sp³-hybridized carbons (Fsp3) is 0.214. The maximum atomic E-state index is 4.17. The summed E-state index contributed by atoms with van der Waals surface area (Å²) >= 11 is 0. The van der Waals surface area contributed by atoms with E-state index >= 15 is 0 Å². The van der Waals surface area contributed by atoms with Crippen molar-refractivity contribution in [1.82, 2.24) is 0 Å². The molecule has 0 spiro atoms. The molecule has 17 heavy (non-hydrogen) atoms. The quantitative estimate of drug-likeness (QED) is 0.610. The lowest BCUT2D eigenvalue weighted by Gasteiger charge is -1.98. The van der Waals surface area contributed by atoms with Gasteiger partial charge in [0, 0.05) is 31.1 Å². The Labute approximate surface area is 102 Å². The van der Waals surface area contributed by atoms with Crippen LogP contribution in [0.3, 0.4) is 0 Å². The van der Waals surface area contributed by atoms with Crippen LogP contribution in [0.15, 0.2) is 63.7 Å². The van der Waals surface area contributed by atoms with Crippen molar-refractivity contribution >= 4 is 18.8 Å². The van der Waals surface area contributed by atoms with Crippen LogP contribution in [0.2, 0.25) is 0 Å². The number of aliphatic imine (C=N–C) groups is 3. The second-order valence-corrected chi connectivity index (χ2v) is 3.83. The van der Waals surface area contributed by atoms with Gasteiger partial charge >= 0.3 is 0 Å². The van der Waals surface area contributed by atoms with Crippen LogP contribution in [-0.2, 0) is 0 Å². The van der Waals surface area contributed by atoms with Crippen LogP contribution in [0.5, 0.6) is 0 Å². The Morgan fingerprint density at radius 3 is 2.71 bits per heavy atom. The second kappa shape index (κ2) is 7.28. The zero-order chi connectivity index (χ0) is 12.5. The van der Waals surface area contributed by atoms with Gasteiger partial charge in [0.2, 0.25) is 0 Å². The first kappa shape index (κ1) is 13.0. The molecule has 0 saturated carbocycles. The summed E-state index contributed by atoms with van der Waals surface area (Å²) in [5.74, 6) is 0.293. The lowest BCUT2D eigenvalue weighted by Crippen LogP contribution is -2.00. The number of allylic oxidation sites excluding steroid dienone is 5. The van der Waals surface area contributed by atoms with Crippen molar-refractivity contribution in [2.24, 2.45) is 20.9 Å². The number of nitrogens with zero attached hydrogens (tertiary/aromatic N) is 3. The summed E-state index contributed by atoms with van der Waals surface area (Å²) in [5.41, 5.74) is 1.68. The van der Waals surface area contributed by atoms with Gasteiger partial charge in [0.25, 0.3) is 0 Å². The Kier molecular flexibility index (Phi) is 5.58. The van der Waals surface area contributed by atoms with Crippen molar-refractivity contribution < 1.29 is 0 Å². The minimum atomic E-state index is 0.293. The highest BCUT2D eigenvalue weighted by atomic mass is 14.8. The van der Waals surface area contributed by atoms with Gasteiger partial charge < -0.3 is 0 Å². The molecule has 0 N–H and O–H groups in total. The Morgan fingerprint density at radius 1 is 1.12 bits per heavy atom. The van der Waals surface area contributed by atoms with Gasteiger partial charge in [-0.1, -0.05) is 32.2 Å². The summed E-state index contributed by atoms with van der Waals surface area (Å²) < 4.78 is 0. The van der Waals surface area contributed by atoms with Crippen LogP contribution in [0, 0.1) is 5.92 Å². The van der Waals surface area contributed by atoms with Crippen molar-refractivity contribution in [3.8, 4) is 0 Å². The van der Waals surface area contributed by atoms with E-state index < -0.39 is 0 Å². The van der Waals surface area contributed by atoms with Crippen LogP contribution in [-0.4, -0.2) is 25.3 Å². The monoisotopic (exact) mass is 227 g/mol. The molecule has 0 saturated heterocycles. The highest BCUT2D eigenvalue weighted by molar-refractivity contribution is 5.87. The molecule has 0 bridgehead atoms. The Hall–Kier alpha value is -2.03. The van der Waals surface area contributed by atoms with Crippen LogP contribution < -0.4 is 0 Å². The molecule has 1 aliphatic rings. The number of rotatable bonds is 0. The van der Waals surface area contributed by atoms with Crippen LogP contribution in [0.4, 0.5) is 0 Å². The molecule has 0 radical (unpaired) electrons. The molecule has 0 aromatic heterocycles. The molecule has 0 aromatic carbocycles. The fourth-order valence-electron chi connectivity index (χ4n) is 1.08. The van der Waals surface area contributed by atoms with Gasteiger partial charge in [-0.3, -0.25) is 9.98 Å². The van der Waals surface area contributed by atoms with Crippen molar-refractivity contribution in [2.45, 2.75) is 6.92 Å². The zero-order valence-electron chi connectivity index (χ0n) is 10.1. The summed E-state index contributed by atoms with van der Waals surface area (Å²) in [6.07, 6.45) is 12.4. The third-order valence-corrected chi connectivity index (χ3v) is 2.01. The molecule has 1 unspecified atom stereocenters. The van der Waals surface area contributed by atoms with Crippen molar-refractivity contribution in [2.75, 3.05) is 6.54 Å². The molecule has 0 aliphatic carbocycles. The molecule has 1 atom stereocenters. The lowest BCUT2D eigenvalue weighted by atomic mass is 10.2. The van der Waals surface area contributed by atoms with Gasteiger partial charge in [0.05, 0.1) is 0 Å². The molecule has 0 aromatic rings. The van der Waals surface area contributed by atoms with E-state index in [0.717, 1.165) is 11.1 Å². The Balaban J connectivity index is 2.82. The maximum absolute atomic E-state index is 4.17. The number of hydrogen-bond acceptors (Lipinski definition) is 3. The van der Waals surface area contributed by atoms with E-state index in [2.05, 4.69) is 35.1 Å². The Bertz CT molecular complexity index is 423. The van der Waals surface area contributed by atoms with E-state index in [9.17, 15) is 0 Å². The topological polar surface area (TPSA) is 37.1 Å². The van der Waals surface area contributed by atoms with E-state index in [1.54, 1.807) is 18.8 Å². The van der Waals surface area contributed by atoms with E-state index in [1.807, 2.05) is 24.4 Å². The van der Waals surface area contributed by atoms with E-state index in [-0.39, 0.29) is 0 Å². The first-order valence-corrected chi connectivity index (χ1v) is 5.45. The molecule has 1 rings (SSSR count). The molecule has 0 amide bonds. The molecule has 1 heterocycles. The van der Waals surface area contributed by atoms with Gasteiger partial charge in [0.15, 0.2) is 0 Å². The second-order valence-electron chi connectivity index (χ2n) is 3.83. The third kappa shape index (κ3) is 6.20. The van der Waals surface area contributed by atoms with E-state index in [1.165, 1.54) is 0 Å². The normalized spacial score (nSPS) is 23.7. The third-order valence-electron chi connectivity index (χ3n) is 2.01. The first-order chi connectivity index (χ1) is 8.18. The SMILES string of the molecule is C=C1C=CC(=C)/C=C\N=CC(C)CN=CN=C1. The lowest BCUT2D eigenvalue weighted by molar-refractivity contribution is 0.802.